The van der Waals surface area contributed by atoms with Crippen LogP contribution in [0.2, 0.25) is 0 Å². The van der Waals surface area contributed by atoms with Gasteiger partial charge in [0, 0.05) is 27.9 Å². The highest BCUT2D eigenvalue weighted by Gasteiger charge is 2.27. The zero-order chi connectivity index (χ0) is 26.8. The van der Waals surface area contributed by atoms with Crippen LogP contribution in [0.1, 0.15) is 105 Å². The third-order valence-corrected chi connectivity index (χ3v) is 8.19. The molecule has 1 aromatic heterocycles. The standard InChI is InChI=1S/C32H40N2O2S/c1-31(2,3)24-18-21(19-25(28(24)35)32(4,5)6)20-33-30-27(29(36)34-22-14-10-9-11-15-22)23-16-12-7-8-13-17-26(23)37-30/h9-11,14-15,18-20,35H,7-8,12-13,16-17H2,1-6H3,(H,34,36). The number of nitrogens with zero attached hydrogens (tertiary/aromatic N) is 1. The number of fused-ring (bicyclic) bond motifs is 1. The van der Waals surface area contributed by atoms with E-state index >= 15 is 0 Å². The number of rotatable bonds is 4. The SMILES string of the molecule is CC(C)(C)c1cc(C=Nc2sc3c(c2C(=O)Nc2ccccc2)CCCCCC3)cc(C(C)(C)C)c1O. The molecule has 0 atom stereocenters. The average molecular weight is 517 g/mol. The number of phenolic OH excluding ortho intramolecular Hbond substituents is 1. The summed E-state index contributed by atoms with van der Waals surface area (Å²) in [5, 5.41) is 15.0. The summed E-state index contributed by atoms with van der Waals surface area (Å²) in [6, 6.07) is 13.7. The van der Waals surface area contributed by atoms with Gasteiger partial charge in [0.2, 0.25) is 0 Å². The summed E-state index contributed by atoms with van der Waals surface area (Å²) in [4.78, 5) is 19.8. The normalized spacial score (nSPS) is 14.8. The first-order chi connectivity index (χ1) is 17.4. The Morgan fingerprint density at radius 1 is 0.919 bits per heavy atom. The van der Waals surface area contributed by atoms with E-state index in [9.17, 15) is 9.90 Å². The number of para-hydroxylation sites is 1. The molecule has 0 saturated carbocycles. The molecule has 0 unspecified atom stereocenters. The van der Waals surface area contributed by atoms with Gasteiger partial charge in [0.25, 0.3) is 5.91 Å². The molecular formula is C32H40N2O2S. The van der Waals surface area contributed by atoms with E-state index in [-0.39, 0.29) is 16.7 Å². The molecule has 196 valence electrons. The van der Waals surface area contributed by atoms with Crippen molar-refractivity contribution < 1.29 is 9.90 Å². The first-order valence-electron chi connectivity index (χ1n) is 13.4. The van der Waals surface area contributed by atoms with Crippen molar-refractivity contribution in [1.82, 2.24) is 0 Å². The second-order valence-electron chi connectivity index (χ2n) is 12.1. The average Bonchev–Trinajstić information content (AvgIpc) is 3.13. The first-order valence-corrected chi connectivity index (χ1v) is 14.2. The van der Waals surface area contributed by atoms with Gasteiger partial charge < -0.3 is 10.4 Å². The third kappa shape index (κ3) is 6.32. The van der Waals surface area contributed by atoms with Crippen molar-refractivity contribution in [2.75, 3.05) is 5.32 Å². The maximum Gasteiger partial charge on any atom is 0.259 e. The van der Waals surface area contributed by atoms with Crippen LogP contribution in [0, 0.1) is 0 Å². The Balaban J connectivity index is 1.79. The molecule has 0 spiro atoms. The zero-order valence-electron chi connectivity index (χ0n) is 23.1. The molecule has 1 heterocycles. The van der Waals surface area contributed by atoms with Gasteiger partial charge in [-0.1, -0.05) is 72.6 Å². The minimum absolute atomic E-state index is 0.0899. The predicted octanol–water partition coefficient (Wildman–Crippen LogP) is 8.71. The second kappa shape index (κ2) is 10.8. The highest BCUT2D eigenvalue weighted by Crippen LogP contribution is 2.41. The van der Waals surface area contributed by atoms with E-state index in [1.807, 2.05) is 48.7 Å². The van der Waals surface area contributed by atoms with Gasteiger partial charge in [0.1, 0.15) is 10.8 Å². The largest absolute Gasteiger partial charge is 0.507 e. The van der Waals surface area contributed by atoms with Crippen molar-refractivity contribution in [2.45, 2.75) is 90.9 Å². The van der Waals surface area contributed by atoms with Gasteiger partial charge in [-0.25, -0.2) is 4.99 Å². The number of nitrogens with one attached hydrogen (secondary N) is 1. The van der Waals surface area contributed by atoms with Crippen molar-refractivity contribution in [3.63, 3.8) is 0 Å². The van der Waals surface area contributed by atoms with Crippen molar-refractivity contribution in [2.24, 2.45) is 4.99 Å². The summed E-state index contributed by atoms with van der Waals surface area (Å²) >= 11 is 1.66. The fraction of sp³-hybridized carbons (Fsp3) is 0.438. The molecular weight excluding hydrogens is 476 g/mol. The van der Waals surface area contributed by atoms with Crippen molar-refractivity contribution in [3.8, 4) is 5.75 Å². The van der Waals surface area contributed by atoms with Crippen molar-refractivity contribution >= 4 is 34.1 Å². The number of aromatic hydroxyl groups is 1. The molecule has 4 rings (SSSR count). The molecule has 0 aliphatic heterocycles. The lowest BCUT2D eigenvalue weighted by Crippen LogP contribution is -2.17. The fourth-order valence-electron chi connectivity index (χ4n) is 4.95. The Labute approximate surface area is 225 Å². The number of aryl methyl sites for hydroxylation is 1. The summed E-state index contributed by atoms with van der Waals surface area (Å²) in [7, 11) is 0. The number of benzene rings is 2. The van der Waals surface area contributed by atoms with Crippen LogP contribution in [-0.4, -0.2) is 17.2 Å². The highest BCUT2D eigenvalue weighted by atomic mass is 32.1. The molecule has 0 radical (unpaired) electrons. The van der Waals surface area contributed by atoms with Gasteiger partial charge in [-0.2, -0.15) is 0 Å². The summed E-state index contributed by atoms with van der Waals surface area (Å²) in [5.41, 5.74) is 4.98. The smallest absolute Gasteiger partial charge is 0.259 e. The Morgan fingerprint density at radius 3 is 2.11 bits per heavy atom. The minimum atomic E-state index is -0.215. The van der Waals surface area contributed by atoms with E-state index < -0.39 is 0 Å². The van der Waals surface area contributed by atoms with Crippen LogP contribution >= 0.6 is 11.3 Å². The number of anilines is 1. The highest BCUT2D eigenvalue weighted by molar-refractivity contribution is 7.16. The Bertz CT molecular complexity index is 1260. The number of phenols is 1. The lowest BCUT2D eigenvalue weighted by molar-refractivity contribution is 0.102. The van der Waals surface area contributed by atoms with E-state index in [4.69, 9.17) is 4.99 Å². The molecule has 2 aromatic carbocycles. The lowest BCUT2D eigenvalue weighted by Gasteiger charge is -2.27. The van der Waals surface area contributed by atoms with Gasteiger partial charge in [0.05, 0.1) is 5.56 Å². The summed E-state index contributed by atoms with van der Waals surface area (Å²) < 4.78 is 0. The van der Waals surface area contributed by atoms with Crippen LogP contribution in [0.3, 0.4) is 0 Å². The molecule has 2 N–H and O–H groups in total. The number of aliphatic imine (C=N–C) groups is 1. The van der Waals surface area contributed by atoms with Crippen LogP contribution in [0.5, 0.6) is 5.75 Å². The number of thiophene rings is 1. The van der Waals surface area contributed by atoms with Gasteiger partial charge in [-0.15, -0.1) is 11.3 Å². The Morgan fingerprint density at radius 2 is 1.51 bits per heavy atom. The van der Waals surface area contributed by atoms with E-state index in [0.29, 0.717) is 11.3 Å². The maximum absolute atomic E-state index is 13.6. The van der Waals surface area contributed by atoms with Gasteiger partial charge in [0.15, 0.2) is 0 Å². The Hall–Kier alpha value is -2.92. The van der Waals surface area contributed by atoms with Crippen LogP contribution in [-0.2, 0) is 23.7 Å². The Kier molecular flexibility index (Phi) is 7.94. The van der Waals surface area contributed by atoms with Crippen molar-refractivity contribution in [1.29, 1.82) is 0 Å². The number of hydrogen-bond donors (Lipinski definition) is 2. The van der Waals surface area contributed by atoms with E-state index in [0.717, 1.165) is 53.1 Å². The molecule has 0 saturated heterocycles. The first kappa shape index (κ1) is 27.1. The molecule has 0 bridgehead atoms. The number of carbonyl (C=O) groups excluding carboxylic acids is 1. The topological polar surface area (TPSA) is 61.7 Å². The number of amides is 1. The predicted molar refractivity (Wildman–Crippen MR) is 157 cm³/mol. The van der Waals surface area contributed by atoms with E-state index in [1.165, 1.54) is 23.3 Å². The molecule has 37 heavy (non-hydrogen) atoms. The van der Waals surface area contributed by atoms with E-state index in [1.54, 1.807) is 11.3 Å². The third-order valence-electron chi connectivity index (χ3n) is 6.99. The van der Waals surface area contributed by atoms with Crippen LogP contribution < -0.4 is 5.32 Å². The van der Waals surface area contributed by atoms with Gasteiger partial charge in [-0.3, -0.25) is 4.79 Å². The summed E-state index contributed by atoms with van der Waals surface area (Å²) in [5.74, 6) is 0.270. The zero-order valence-corrected chi connectivity index (χ0v) is 23.9. The summed E-state index contributed by atoms with van der Waals surface area (Å²) in [6.07, 6.45) is 8.47. The molecule has 1 aliphatic rings. The fourth-order valence-corrected chi connectivity index (χ4v) is 6.18. The number of hydrogen-bond acceptors (Lipinski definition) is 4. The lowest BCUT2D eigenvalue weighted by atomic mass is 9.78. The molecule has 5 heteroatoms. The van der Waals surface area contributed by atoms with E-state index in [2.05, 4.69) is 46.9 Å². The minimum Gasteiger partial charge on any atom is -0.507 e. The summed E-state index contributed by atoms with van der Waals surface area (Å²) in [6.45, 7) is 12.7. The molecule has 4 nitrogen and oxygen atoms in total. The molecule has 1 amide bonds. The quantitative estimate of drug-likeness (QED) is 0.341. The molecule has 1 aliphatic carbocycles. The second-order valence-corrected chi connectivity index (χ2v) is 13.2. The maximum atomic E-state index is 13.6. The van der Waals surface area contributed by atoms with Crippen LogP contribution in [0.15, 0.2) is 47.5 Å². The van der Waals surface area contributed by atoms with Crippen LogP contribution in [0.4, 0.5) is 10.7 Å². The van der Waals surface area contributed by atoms with Crippen molar-refractivity contribution in [3.05, 3.63) is 75.2 Å². The monoisotopic (exact) mass is 516 g/mol. The van der Waals surface area contributed by atoms with Gasteiger partial charge in [-0.05, 0) is 71.9 Å². The number of carbonyl (C=O) groups is 1. The molecule has 0 fully saturated rings. The van der Waals surface area contributed by atoms with Crippen LogP contribution in [0.25, 0.3) is 0 Å². The molecule has 3 aromatic rings. The van der Waals surface area contributed by atoms with Gasteiger partial charge >= 0.3 is 0 Å².